The number of allylic oxidation sites excluding steroid dienone is 14. The molecule has 0 aliphatic carbocycles. The average Bonchev–Trinajstić information content (AvgIpc) is 3.34. The van der Waals surface area contributed by atoms with Crippen LogP contribution < -0.4 is 0 Å². The van der Waals surface area contributed by atoms with Gasteiger partial charge < -0.3 is 14.2 Å². The van der Waals surface area contributed by atoms with Gasteiger partial charge in [-0.25, -0.2) is 0 Å². The van der Waals surface area contributed by atoms with Crippen LogP contribution in [0, 0.1) is 0 Å². The van der Waals surface area contributed by atoms with Gasteiger partial charge in [0.1, 0.15) is 13.2 Å². The lowest BCUT2D eigenvalue weighted by Gasteiger charge is -2.18. The number of hydrogen-bond acceptors (Lipinski definition) is 6. The van der Waals surface area contributed by atoms with E-state index in [0.717, 1.165) is 83.5 Å². The van der Waals surface area contributed by atoms with Crippen LogP contribution >= 0.6 is 0 Å². The third-order valence-electron chi connectivity index (χ3n) is 12.1. The maximum absolute atomic E-state index is 12.8. The number of rotatable bonds is 51. The van der Waals surface area contributed by atoms with Crippen LogP contribution in [0.4, 0.5) is 0 Å². The molecule has 0 saturated heterocycles. The summed E-state index contributed by atoms with van der Waals surface area (Å²) in [5.41, 5.74) is 0. The third-order valence-corrected chi connectivity index (χ3v) is 12.1. The second-order valence-corrected chi connectivity index (χ2v) is 18.8. The third kappa shape index (κ3) is 53.5. The zero-order valence-electron chi connectivity index (χ0n) is 44.6. The first-order valence-corrected chi connectivity index (χ1v) is 28.6. The monoisotopic (exact) mass is 947 g/mol. The zero-order valence-corrected chi connectivity index (χ0v) is 44.6. The molecule has 0 aromatic carbocycles. The highest BCUT2D eigenvalue weighted by Crippen LogP contribution is 2.14. The van der Waals surface area contributed by atoms with Gasteiger partial charge in [0.05, 0.1) is 0 Å². The van der Waals surface area contributed by atoms with E-state index in [1.807, 2.05) is 0 Å². The van der Waals surface area contributed by atoms with Crippen molar-refractivity contribution in [2.75, 3.05) is 13.2 Å². The highest BCUT2D eigenvalue weighted by molar-refractivity contribution is 5.71. The SMILES string of the molecule is CC/C=C\C/C=C\C/C=C\C/C=C\C/C=C\CCCC(=O)OC(COC(=O)CCCCCCC/C=C\CCCCCCCC)COC(=O)CCCCCCCCC/C=C\CCCCCCCCC. The Hall–Kier alpha value is -3.41. The molecule has 0 fully saturated rings. The zero-order chi connectivity index (χ0) is 49.3. The fraction of sp³-hybridized carbons (Fsp3) is 0.726. The van der Waals surface area contributed by atoms with Gasteiger partial charge in [0.15, 0.2) is 6.10 Å². The van der Waals surface area contributed by atoms with Crippen LogP contribution in [-0.2, 0) is 28.6 Å². The summed E-state index contributed by atoms with van der Waals surface area (Å²) >= 11 is 0. The van der Waals surface area contributed by atoms with E-state index >= 15 is 0 Å². The number of esters is 3. The Morgan fingerprint density at radius 2 is 0.588 bits per heavy atom. The van der Waals surface area contributed by atoms with Crippen molar-refractivity contribution in [2.24, 2.45) is 0 Å². The van der Waals surface area contributed by atoms with Gasteiger partial charge in [-0.15, -0.1) is 0 Å². The summed E-state index contributed by atoms with van der Waals surface area (Å²) in [7, 11) is 0. The molecule has 6 heteroatoms. The summed E-state index contributed by atoms with van der Waals surface area (Å²) in [5.74, 6) is -0.970. The van der Waals surface area contributed by atoms with Crippen LogP contribution in [-0.4, -0.2) is 37.2 Å². The molecule has 0 saturated carbocycles. The van der Waals surface area contributed by atoms with Gasteiger partial charge >= 0.3 is 17.9 Å². The van der Waals surface area contributed by atoms with Crippen molar-refractivity contribution in [1.29, 1.82) is 0 Å². The van der Waals surface area contributed by atoms with Crippen molar-refractivity contribution in [1.82, 2.24) is 0 Å². The van der Waals surface area contributed by atoms with Gasteiger partial charge in [0.25, 0.3) is 0 Å². The molecule has 0 amide bonds. The first-order valence-electron chi connectivity index (χ1n) is 28.6. The molecule has 0 radical (unpaired) electrons. The van der Waals surface area contributed by atoms with Crippen LogP contribution in [0.3, 0.4) is 0 Å². The van der Waals surface area contributed by atoms with Gasteiger partial charge in [-0.2, -0.15) is 0 Å². The summed E-state index contributed by atoms with van der Waals surface area (Å²) in [6, 6.07) is 0. The summed E-state index contributed by atoms with van der Waals surface area (Å²) < 4.78 is 16.8. The molecule has 0 aliphatic heterocycles. The number of unbranched alkanes of at least 4 members (excludes halogenated alkanes) is 26. The van der Waals surface area contributed by atoms with Gasteiger partial charge in [0, 0.05) is 19.3 Å². The second kappa shape index (κ2) is 56.2. The van der Waals surface area contributed by atoms with Crippen molar-refractivity contribution < 1.29 is 28.6 Å². The minimum atomic E-state index is -0.812. The Kier molecular flexibility index (Phi) is 53.4. The lowest BCUT2D eigenvalue weighted by Crippen LogP contribution is -2.30. The molecule has 6 nitrogen and oxygen atoms in total. The molecule has 68 heavy (non-hydrogen) atoms. The molecular weight excluding hydrogens is 841 g/mol. The van der Waals surface area contributed by atoms with Gasteiger partial charge in [0.2, 0.25) is 0 Å². The second-order valence-electron chi connectivity index (χ2n) is 18.8. The summed E-state index contributed by atoms with van der Waals surface area (Å²) in [5, 5.41) is 0. The molecular formula is C62H106O6. The van der Waals surface area contributed by atoms with E-state index in [1.54, 1.807) is 0 Å². The smallest absolute Gasteiger partial charge is 0.306 e. The average molecular weight is 948 g/mol. The Morgan fingerprint density at radius 3 is 0.956 bits per heavy atom. The van der Waals surface area contributed by atoms with E-state index in [0.29, 0.717) is 19.3 Å². The predicted molar refractivity (Wildman–Crippen MR) is 293 cm³/mol. The summed E-state index contributed by atoms with van der Waals surface area (Å²) in [4.78, 5) is 38.1. The number of carbonyl (C=O) groups excluding carboxylic acids is 3. The molecule has 0 aromatic rings. The summed E-state index contributed by atoms with van der Waals surface area (Å²) in [6.07, 6.45) is 72.9. The quantitative estimate of drug-likeness (QED) is 0.0262. The standard InChI is InChI=1S/C62H106O6/c1-4-7-10-13-16-19-22-25-28-30-32-34-37-40-43-46-49-52-55-61(64)67-58-59(57-66-60(63)54-51-48-45-42-39-36-33-27-24-21-18-15-12-9-6-3)68-62(65)56-53-50-47-44-41-38-35-31-29-26-23-20-17-14-11-8-5-2/h8,11,17,20,26-30,33,35,38,44,47,59H,4-7,9-10,12-16,18-19,21-25,31-32,34,36-37,39-43,45-46,48-58H2,1-3H3/b11-8-,20-17-,29-26-,30-28-,33-27-,38-35-,47-44-. The lowest BCUT2D eigenvalue weighted by atomic mass is 10.1. The molecule has 0 heterocycles. The van der Waals surface area contributed by atoms with Gasteiger partial charge in [-0.05, 0) is 109 Å². The van der Waals surface area contributed by atoms with Crippen LogP contribution in [0.5, 0.6) is 0 Å². The van der Waals surface area contributed by atoms with Crippen LogP contribution in [0.1, 0.15) is 271 Å². The maximum Gasteiger partial charge on any atom is 0.306 e. The minimum absolute atomic E-state index is 0.104. The number of carbonyl (C=O) groups is 3. The van der Waals surface area contributed by atoms with E-state index in [9.17, 15) is 14.4 Å². The molecule has 1 unspecified atom stereocenters. The van der Waals surface area contributed by atoms with Crippen molar-refractivity contribution in [3.8, 4) is 0 Å². The molecule has 0 aromatic heterocycles. The van der Waals surface area contributed by atoms with E-state index in [1.165, 1.54) is 141 Å². The fourth-order valence-electron chi connectivity index (χ4n) is 7.82. The van der Waals surface area contributed by atoms with E-state index in [-0.39, 0.29) is 37.5 Å². The number of ether oxygens (including phenoxy) is 3. The Bertz CT molecular complexity index is 1320. The van der Waals surface area contributed by atoms with Crippen molar-refractivity contribution in [3.05, 3.63) is 85.1 Å². The Labute approximate surface area is 420 Å². The molecule has 0 N–H and O–H groups in total. The predicted octanol–water partition coefficient (Wildman–Crippen LogP) is 19.2. The van der Waals surface area contributed by atoms with E-state index in [2.05, 4.69) is 106 Å². The highest BCUT2D eigenvalue weighted by Gasteiger charge is 2.19. The highest BCUT2D eigenvalue weighted by atomic mass is 16.6. The molecule has 0 aliphatic rings. The minimum Gasteiger partial charge on any atom is -0.462 e. The fourth-order valence-corrected chi connectivity index (χ4v) is 7.82. The summed E-state index contributed by atoms with van der Waals surface area (Å²) in [6.45, 7) is 6.47. The van der Waals surface area contributed by atoms with Crippen LogP contribution in [0.2, 0.25) is 0 Å². The van der Waals surface area contributed by atoms with Gasteiger partial charge in [-0.1, -0.05) is 228 Å². The van der Waals surface area contributed by atoms with Gasteiger partial charge in [-0.3, -0.25) is 14.4 Å². The van der Waals surface area contributed by atoms with E-state index in [4.69, 9.17) is 14.2 Å². The molecule has 0 rings (SSSR count). The molecule has 1 atom stereocenters. The first-order chi connectivity index (χ1) is 33.5. The first kappa shape index (κ1) is 64.6. The Morgan fingerprint density at radius 1 is 0.309 bits per heavy atom. The van der Waals surface area contributed by atoms with Crippen molar-refractivity contribution in [3.63, 3.8) is 0 Å². The van der Waals surface area contributed by atoms with Crippen LogP contribution in [0.25, 0.3) is 0 Å². The number of hydrogen-bond donors (Lipinski definition) is 0. The topological polar surface area (TPSA) is 78.9 Å². The largest absolute Gasteiger partial charge is 0.462 e. The normalized spacial score (nSPS) is 12.7. The van der Waals surface area contributed by atoms with Crippen LogP contribution in [0.15, 0.2) is 85.1 Å². The van der Waals surface area contributed by atoms with E-state index < -0.39 is 6.10 Å². The maximum atomic E-state index is 12.8. The molecule has 390 valence electrons. The molecule has 0 spiro atoms. The molecule has 0 bridgehead atoms. The lowest BCUT2D eigenvalue weighted by molar-refractivity contribution is -0.167. The Balaban J connectivity index is 4.48. The van der Waals surface area contributed by atoms with Crippen molar-refractivity contribution >= 4 is 17.9 Å². The van der Waals surface area contributed by atoms with Crippen molar-refractivity contribution in [2.45, 2.75) is 277 Å².